The van der Waals surface area contributed by atoms with Crippen molar-refractivity contribution in [2.75, 3.05) is 0 Å². The molecule has 0 bridgehead atoms. The topological polar surface area (TPSA) is 29.9 Å². The maximum atomic E-state index is 13.1. The van der Waals surface area contributed by atoms with Gasteiger partial charge in [-0.05, 0) is 36.1 Å². The highest BCUT2D eigenvalue weighted by molar-refractivity contribution is 5.34. The molecule has 0 spiro atoms. The predicted molar refractivity (Wildman–Crippen MR) is 67.5 cm³/mol. The van der Waals surface area contributed by atoms with Crippen molar-refractivity contribution in [2.24, 2.45) is 7.05 Å². The van der Waals surface area contributed by atoms with Gasteiger partial charge in [-0.2, -0.15) is 0 Å². The van der Waals surface area contributed by atoms with Crippen LogP contribution in [0.2, 0.25) is 0 Å². The molecule has 1 atom stereocenters. The first-order valence-electron chi connectivity index (χ1n) is 6.22. The number of halogens is 1. The molecule has 1 N–H and O–H groups in total. The van der Waals surface area contributed by atoms with Gasteiger partial charge in [0.05, 0.1) is 6.54 Å². The summed E-state index contributed by atoms with van der Waals surface area (Å²) in [4.78, 5) is 4.29. The van der Waals surface area contributed by atoms with Crippen LogP contribution in [0, 0.1) is 5.82 Å². The molecule has 0 fully saturated rings. The summed E-state index contributed by atoms with van der Waals surface area (Å²) in [5.74, 6) is 0.879. The van der Waals surface area contributed by atoms with E-state index in [0.29, 0.717) is 6.04 Å². The minimum atomic E-state index is -0.140. The summed E-state index contributed by atoms with van der Waals surface area (Å²) in [5.41, 5.74) is 2.36. The monoisotopic (exact) mass is 245 g/mol. The number of aromatic nitrogens is 2. The Morgan fingerprint density at radius 2 is 2.39 bits per heavy atom. The second kappa shape index (κ2) is 4.53. The van der Waals surface area contributed by atoms with Crippen molar-refractivity contribution in [3.63, 3.8) is 0 Å². The third kappa shape index (κ3) is 2.04. The third-order valence-electron chi connectivity index (χ3n) is 3.61. The maximum Gasteiger partial charge on any atom is 0.123 e. The molecule has 3 nitrogen and oxygen atoms in total. The predicted octanol–water partition coefficient (Wildman–Crippen LogP) is 2.34. The summed E-state index contributed by atoms with van der Waals surface area (Å²) in [6.45, 7) is 0.741. The molecule has 0 saturated carbocycles. The van der Waals surface area contributed by atoms with E-state index in [0.717, 1.165) is 30.8 Å². The van der Waals surface area contributed by atoms with Gasteiger partial charge in [0.2, 0.25) is 0 Å². The summed E-state index contributed by atoms with van der Waals surface area (Å²) in [5, 5.41) is 3.49. The van der Waals surface area contributed by atoms with Crippen molar-refractivity contribution >= 4 is 0 Å². The quantitative estimate of drug-likeness (QED) is 0.899. The number of imidazole rings is 1. The number of fused-ring (bicyclic) bond motifs is 1. The van der Waals surface area contributed by atoms with Crippen LogP contribution in [0.3, 0.4) is 0 Å². The molecule has 4 heteroatoms. The highest BCUT2D eigenvalue weighted by Gasteiger charge is 2.22. The number of hydrogen-bond donors (Lipinski definition) is 1. The Kier molecular flexibility index (Phi) is 2.88. The SMILES string of the molecule is Cn1ccnc1CNC1CCc2cc(F)ccc21. The molecule has 1 aromatic heterocycles. The Balaban J connectivity index is 1.71. The Morgan fingerprint density at radius 3 is 3.17 bits per heavy atom. The molecule has 1 aliphatic rings. The minimum Gasteiger partial charge on any atom is -0.337 e. The molecule has 0 aliphatic heterocycles. The molecule has 1 heterocycles. The van der Waals surface area contributed by atoms with E-state index in [1.807, 2.05) is 23.9 Å². The fourth-order valence-electron chi connectivity index (χ4n) is 2.58. The second-order valence-corrected chi connectivity index (χ2v) is 4.77. The number of aryl methyl sites for hydroxylation is 2. The molecule has 0 amide bonds. The second-order valence-electron chi connectivity index (χ2n) is 4.77. The van der Waals surface area contributed by atoms with Crippen LogP contribution in [0.5, 0.6) is 0 Å². The van der Waals surface area contributed by atoms with Gasteiger partial charge in [0, 0.05) is 25.5 Å². The van der Waals surface area contributed by atoms with Crippen molar-refractivity contribution in [1.29, 1.82) is 0 Å². The van der Waals surface area contributed by atoms with Crippen LogP contribution in [-0.2, 0) is 20.0 Å². The molecule has 2 aromatic rings. The van der Waals surface area contributed by atoms with Gasteiger partial charge in [-0.25, -0.2) is 9.37 Å². The maximum absolute atomic E-state index is 13.1. The summed E-state index contributed by atoms with van der Waals surface area (Å²) in [6.07, 6.45) is 5.72. The van der Waals surface area contributed by atoms with Gasteiger partial charge >= 0.3 is 0 Å². The molecule has 1 aromatic carbocycles. The van der Waals surface area contributed by atoms with E-state index in [1.165, 1.54) is 5.56 Å². The van der Waals surface area contributed by atoms with E-state index in [9.17, 15) is 4.39 Å². The van der Waals surface area contributed by atoms with Crippen LogP contribution in [0.4, 0.5) is 4.39 Å². The zero-order valence-corrected chi connectivity index (χ0v) is 10.4. The lowest BCUT2D eigenvalue weighted by Gasteiger charge is -2.13. The Labute approximate surface area is 106 Å². The molecular formula is C14H16FN3. The third-order valence-corrected chi connectivity index (χ3v) is 3.61. The van der Waals surface area contributed by atoms with Crippen LogP contribution in [-0.4, -0.2) is 9.55 Å². The fraction of sp³-hybridized carbons (Fsp3) is 0.357. The lowest BCUT2D eigenvalue weighted by atomic mass is 10.1. The molecule has 94 valence electrons. The van der Waals surface area contributed by atoms with Crippen LogP contribution < -0.4 is 5.32 Å². The fourth-order valence-corrected chi connectivity index (χ4v) is 2.58. The molecular weight excluding hydrogens is 229 g/mol. The summed E-state index contributed by atoms with van der Waals surface area (Å²) < 4.78 is 15.1. The first kappa shape index (κ1) is 11.4. The van der Waals surface area contributed by atoms with Crippen LogP contribution in [0.1, 0.15) is 29.4 Å². The minimum absolute atomic E-state index is 0.140. The summed E-state index contributed by atoms with van der Waals surface area (Å²) in [6, 6.07) is 5.41. The number of benzene rings is 1. The van der Waals surface area contributed by atoms with Gasteiger partial charge in [-0.1, -0.05) is 6.07 Å². The van der Waals surface area contributed by atoms with Crippen LogP contribution in [0.15, 0.2) is 30.6 Å². The molecule has 0 radical (unpaired) electrons. The molecule has 3 rings (SSSR count). The standard InChI is InChI=1S/C14H16FN3/c1-18-7-6-16-14(18)9-17-13-5-2-10-8-11(15)3-4-12(10)13/h3-4,6-8,13,17H,2,5,9H2,1H3. The average Bonchev–Trinajstić information content (AvgIpc) is 2.93. The van der Waals surface area contributed by atoms with E-state index < -0.39 is 0 Å². The zero-order valence-electron chi connectivity index (χ0n) is 10.4. The zero-order chi connectivity index (χ0) is 12.5. The lowest BCUT2D eigenvalue weighted by molar-refractivity contribution is 0.512. The summed E-state index contributed by atoms with van der Waals surface area (Å²) in [7, 11) is 1.99. The number of nitrogens with zero attached hydrogens (tertiary/aromatic N) is 2. The smallest absolute Gasteiger partial charge is 0.123 e. The van der Waals surface area contributed by atoms with Gasteiger partial charge in [-0.15, -0.1) is 0 Å². The normalized spacial score (nSPS) is 18.0. The van der Waals surface area contributed by atoms with Crippen molar-refractivity contribution in [1.82, 2.24) is 14.9 Å². The first-order valence-corrected chi connectivity index (χ1v) is 6.22. The highest BCUT2D eigenvalue weighted by atomic mass is 19.1. The highest BCUT2D eigenvalue weighted by Crippen LogP contribution is 2.31. The van der Waals surface area contributed by atoms with Crippen molar-refractivity contribution in [3.05, 3.63) is 53.4 Å². The van der Waals surface area contributed by atoms with Crippen molar-refractivity contribution < 1.29 is 4.39 Å². The Morgan fingerprint density at radius 1 is 1.50 bits per heavy atom. The van der Waals surface area contributed by atoms with Gasteiger partial charge in [0.1, 0.15) is 11.6 Å². The largest absolute Gasteiger partial charge is 0.337 e. The van der Waals surface area contributed by atoms with E-state index in [4.69, 9.17) is 0 Å². The number of rotatable bonds is 3. The molecule has 1 aliphatic carbocycles. The Bertz CT molecular complexity index is 562. The van der Waals surface area contributed by atoms with Crippen molar-refractivity contribution in [3.8, 4) is 0 Å². The van der Waals surface area contributed by atoms with Gasteiger partial charge < -0.3 is 9.88 Å². The Hall–Kier alpha value is -1.68. The van der Waals surface area contributed by atoms with Gasteiger partial charge in [-0.3, -0.25) is 0 Å². The molecule has 18 heavy (non-hydrogen) atoms. The number of hydrogen-bond acceptors (Lipinski definition) is 2. The van der Waals surface area contributed by atoms with Gasteiger partial charge in [0.25, 0.3) is 0 Å². The lowest BCUT2D eigenvalue weighted by Crippen LogP contribution is -2.20. The van der Waals surface area contributed by atoms with Crippen LogP contribution >= 0.6 is 0 Å². The van der Waals surface area contributed by atoms with E-state index in [1.54, 1.807) is 18.3 Å². The first-order chi connectivity index (χ1) is 8.74. The molecule has 0 saturated heterocycles. The van der Waals surface area contributed by atoms with Crippen LogP contribution in [0.25, 0.3) is 0 Å². The average molecular weight is 245 g/mol. The van der Waals surface area contributed by atoms with E-state index >= 15 is 0 Å². The van der Waals surface area contributed by atoms with E-state index in [2.05, 4.69) is 10.3 Å². The number of nitrogens with one attached hydrogen (secondary N) is 1. The van der Waals surface area contributed by atoms with Gasteiger partial charge in [0.15, 0.2) is 0 Å². The van der Waals surface area contributed by atoms with Crippen molar-refractivity contribution in [2.45, 2.75) is 25.4 Å². The molecule has 1 unspecified atom stereocenters. The summed E-state index contributed by atoms with van der Waals surface area (Å²) >= 11 is 0. The van der Waals surface area contributed by atoms with E-state index in [-0.39, 0.29) is 5.82 Å².